The number of carbonyl (C=O) groups is 2. The first-order valence-corrected chi connectivity index (χ1v) is 7.68. The fourth-order valence-corrected chi connectivity index (χ4v) is 2.87. The van der Waals surface area contributed by atoms with Crippen molar-refractivity contribution in [3.8, 4) is 11.5 Å². The molecule has 0 aromatic heterocycles. The SMILES string of the molecule is COC(=O)C1=CCCC[C@@H]1Oc1c(OC)ccc(C=O)c1Br. The summed E-state index contributed by atoms with van der Waals surface area (Å²) in [4.78, 5) is 22.9. The van der Waals surface area contributed by atoms with E-state index in [4.69, 9.17) is 14.2 Å². The average Bonchev–Trinajstić information content (AvgIpc) is 2.56. The van der Waals surface area contributed by atoms with Crippen LogP contribution in [0.3, 0.4) is 0 Å². The summed E-state index contributed by atoms with van der Waals surface area (Å²) in [7, 11) is 2.87. The van der Waals surface area contributed by atoms with Crippen molar-refractivity contribution in [2.24, 2.45) is 0 Å². The third kappa shape index (κ3) is 3.32. The lowest BCUT2D eigenvalue weighted by Crippen LogP contribution is -2.28. The molecule has 1 aromatic carbocycles. The monoisotopic (exact) mass is 368 g/mol. The molecule has 0 unspecified atom stereocenters. The molecule has 1 aliphatic rings. The number of halogens is 1. The number of hydrogen-bond acceptors (Lipinski definition) is 5. The van der Waals surface area contributed by atoms with E-state index in [9.17, 15) is 9.59 Å². The first-order valence-electron chi connectivity index (χ1n) is 6.89. The Morgan fingerprint density at radius 2 is 2.14 bits per heavy atom. The van der Waals surface area contributed by atoms with Crippen molar-refractivity contribution in [3.05, 3.63) is 33.8 Å². The maximum absolute atomic E-state index is 11.9. The molecule has 0 saturated heterocycles. The predicted octanol–water partition coefficient (Wildman–Crippen LogP) is 3.30. The summed E-state index contributed by atoms with van der Waals surface area (Å²) in [6.45, 7) is 0. The van der Waals surface area contributed by atoms with Gasteiger partial charge in [-0.1, -0.05) is 6.08 Å². The van der Waals surface area contributed by atoms with Crippen molar-refractivity contribution < 1.29 is 23.8 Å². The van der Waals surface area contributed by atoms with Crippen LogP contribution >= 0.6 is 15.9 Å². The Morgan fingerprint density at radius 3 is 2.77 bits per heavy atom. The number of ether oxygens (including phenoxy) is 3. The minimum atomic E-state index is -0.423. The highest BCUT2D eigenvalue weighted by Crippen LogP contribution is 2.39. The summed E-state index contributed by atoms with van der Waals surface area (Å²) < 4.78 is 16.6. The third-order valence-corrected chi connectivity index (χ3v) is 4.32. The van der Waals surface area contributed by atoms with Crippen LogP contribution in [0.25, 0.3) is 0 Å². The molecule has 0 spiro atoms. The van der Waals surface area contributed by atoms with Gasteiger partial charge in [-0.05, 0) is 47.3 Å². The topological polar surface area (TPSA) is 61.8 Å². The Kier molecular flexibility index (Phi) is 5.60. The van der Waals surface area contributed by atoms with Crippen LogP contribution in [0.15, 0.2) is 28.3 Å². The van der Waals surface area contributed by atoms with Gasteiger partial charge in [0.05, 0.1) is 24.3 Å². The molecule has 2 rings (SSSR count). The van der Waals surface area contributed by atoms with Gasteiger partial charge in [-0.3, -0.25) is 4.79 Å². The summed E-state index contributed by atoms with van der Waals surface area (Å²) in [5, 5.41) is 0. The van der Waals surface area contributed by atoms with Crippen molar-refractivity contribution in [2.45, 2.75) is 25.4 Å². The molecule has 1 atom stereocenters. The number of hydrogen-bond donors (Lipinski definition) is 0. The first kappa shape index (κ1) is 16.5. The van der Waals surface area contributed by atoms with E-state index in [1.807, 2.05) is 6.08 Å². The molecule has 0 radical (unpaired) electrons. The van der Waals surface area contributed by atoms with Gasteiger partial charge in [0.25, 0.3) is 0 Å². The lowest BCUT2D eigenvalue weighted by Gasteiger charge is -2.25. The standard InChI is InChI=1S/C16H17BrO5/c1-20-13-8-7-10(9-18)14(17)15(13)22-12-6-4-3-5-11(12)16(19)21-2/h5,7-9,12H,3-4,6H2,1-2H3/t12-/m0/s1. The number of allylic oxidation sites excluding steroid dienone is 1. The Balaban J connectivity index is 2.36. The fourth-order valence-electron chi connectivity index (χ4n) is 2.36. The van der Waals surface area contributed by atoms with Crippen LogP contribution in [0, 0.1) is 0 Å². The molecule has 1 aromatic rings. The van der Waals surface area contributed by atoms with Crippen LogP contribution in [-0.2, 0) is 9.53 Å². The lowest BCUT2D eigenvalue weighted by molar-refractivity contribution is -0.137. The van der Waals surface area contributed by atoms with Gasteiger partial charge in [0.2, 0.25) is 0 Å². The molecule has 0 amide bonds. The zero-order chi connectivity index (χ0) is 16.1. The number of carbonyl (C=O) groups excluding carboxylic acids is 2. The number of methoxy groups -OCH3 is 2. The van der Waals surface area contributed by atoms with Crippen LogP contribution in [0.1, 0.15) is 29.6 Å². The lowest BCUT2D eigenvalue weighted by atomic mass is 9.96. The Hall–Kier alpha value is -1.82. The van der Waals surface area contributed by atoms with E-state index >= 15 is 0 Å². The molecular weight excluding hydrogens is 352 g/mol. The van der Waals surface area contributed by atoms with Crippen molar-refractivity contribution in [2.75, 3.05) is 14.2 Å². The smallest absolute Gasteiger partial charge is 0.337 e. The molecule has 0 fully saturated rings. The van der Waals surface area contributed by atoms with Crippen molar-refractivity contribution >= 4 is 28.2 Å². The molecule has 6 heteroatoms. The second-order valence-electron chi connectivity index (χ2n) is 4.81. The van der Waals surface area contributed by atoms with Crippen LogP contribution in [0.2, 0.25) is 0 Å². The zero-order valence-corrected chi connectivity index (χ0v) is 14.0. The normalized spacial score (nSPS) is 17.4. The Morgan fingerprint density at radius 1 is 1.36 bits per heavy atom. The van der Waals surface area contributed by atoms with E-state index in [2.05, 4.69) is 15.9 Å². The Labute approximate surface area is 137 Å². The van der Waals surface area contributed by atoms with E-state index in [-0.39, 0.29) is 0 Å². The van der Waals surface area contributed by atoms with Gasteiger partial charge in [0, 0.05) is 5.56 Å². The highest BCUT2D eigenvalue weighted by Gasteiger charge is 2.28. The van der Waals surface area contributed by atoms with Gasteiger partial charge in [-0.25, -0.2) is 4.79 Å². The first-order chi connectivity index (χ1) is 10.6. The van der Waals surface area contributed by atoms with E-state index in [0.717, 1.165) is 19.1 Å². The van der Waals surface area contributed by atoms with Crippen molar-refractivity contribution in [3.63, 3.8) is 0 Å². The van der Waals surface area contributed by atoms with Gasteiger partial charge >= 0.3 is 5.97 Å². The summed E-state index contributed by atoms with van der Waals surface area (Å²) in [6, 6.07) is 3.30. The summed E-state index contributed by atoms with van der Waals surface area (Å²) in [5.74, 6) is 0.507. The summed E-state index contributed by atoms with van der Waals surface area (Å²) >= 11 is 3.36. The third-order valence-electron chi connectivity index (χ3n) is 3.50. The molecular formula is C16H17BrO5. The molecule has 0 aliphatic heterocycles. The van der Waals surface area contributed by atoms with Crippen LogP contribution in [-0.4, -0.2) is 32.6 Å². The van der Waals surface area contributed by atoms with Crippen molar-refractivity contribution in [1.82, 2.24) is 0 Å². The molecule has 22 heavy (non-hydrogen) atoms. The van der Waals surface area contributed by atoms with Gasteiger partial charge < -0.3 is 14.2 Å². The number of aldehydes is 1. The van der Waals surface area contributed by atoms with Crippen LogP contribution < -0.4 is 9.47 Å². The number of esters is 1. The largest absolute Gasteiger partial charge is 0.493 e. The molecule has 0 bridgehead atoms. The molecule has 0 heterocycles. The fraction of sp³-hybridized carbons (Fsp3) is 0.375. The van der Waals surface area contributed by atoms with Gasteiger partial charge in [0.1, 0.15) is 6.10 Å². The van der Waals surface area contributed by atoms with E-state index < -0.39 is 12.1 Å². The van der Waals surface area contributed by atoms with Gasteiger partial charge in [0.15, 0.2) is 17.8 Å². The second-order valence-corrected chi connectivity index (χ2v) is 5.60. The summed E-state index contributed by atoms with van der Waals surface area (Å²) in [6.07, 6.45) is 4.57. The second kappa shape index (κ2) is 7.45. The highest BCUT2D eigenvalue weighted by molar-refractivity contribution is 9.10. The zero-order valence-electron chi connectivity index (χ0n) is 12.4. The van der Waals surface area contributed by atoms with Crippen molar-refractivity contribution in [1.29, 1.82) is 0 Å². The molecule has 5 nitrogen and oxygen atoms in total. The molecule has 0 saturated carbocycles. The van der Waals surface area contributed by atoms with E-state index in [0.29, 0.717) is 33.5 Å². The minimum Gasteiger partial charge on any atom is -0.493 e. The average molecular weight is 369 g/mol. The maximum Gasteiger partial charge on any atom is 0.337 e. The van der Waals surface area contributed by atoms with Crippen LogP contribution in [0.5, 0.6) is 11.5 Å². The maximum atomic E-state index is 11.9. The van der Waals surface area contributed by atoms with Gasteiger partial charge in [-0.2, -0.15) is 0 Å². The Bertz CT molecular complexity index is 609. The van der Waals surface area contributed by atoms with E-state index in [1.165, 1.54) is 14.2 Å². The summed E-state index contributed by atoms with van der Waals surface area (Å²) in [5.41, 5.74) is 0.953. The molecule has 118 valence electrons. The van der Waals surface area contributed by atoms with Gasteiger partial charge in [-0.15, -0.1) is 0 Å². The molecule has 1 aliphatic carbocycles. The van der Waals surface area contributed by atoms with Crippen LogP contribution in [0.4, 0.5) is 0 Å². The minimum absolute atomic E-state index is 0.397. The highest BCUT2D eigenvalue weighted by atomic mass is 79.9. The number of benzene rings is 1. The van der Waals surface area contributed by atoms with E-state index in [1.54, 1.807) is 12.1 Å². The molecule has 0 N–H and O–H groups in total. The quantitative estimate of drug-likeness (QED) is 0.589. The number of rotatable bonds is 5. The predicted molar refractivity (Wildman–Crippen MR) is 84.4 cm³/mol.